The Morgan fingerprint density at radius 1 is 1.00 bits per heavy atom. The van der Waals surface area contributed by atoms with Crippen molar-refractivity contribution in [3.05, 3.63) is 65.3 Å². The Bertz CT molecular complexity index is 729. The van der Waals surface area contributed by atoms with Crippen LogP contribution in [0.4, 0.5) is 5.82 Å². The van der Waals surface area contributed by atoms with E-state index in [0.717, 1.165) is 27.6 Å². The maximum atomic E-state index is 7.83. The van der Waals surface area contributed by atoms with Gasteiger partial charge in [-0.25, -0.2) is 0 Å². The fourth-order valence-corrected chi connectivity index (χ4v) is 2.15. The minimum Gasteiger partial charge on any atom is -0.480 e. The Labute approximate surface area is 142 Å². The van der Waals surface area contributed by atoms with Crippen molar-refractivity contribution in [2.75, 3.05) is 0 Å². The summed E-state index contributed by atoms with van der Waals surface area (Å²) in [6.07, 6.45) is 4.25. The molecule has 5 heteroatoms. The fourth-order valence-electron chi connectivity index (χ4n) is 2.15. The second-order valence-corrected chi connectivity index (χ2v) is 4.58. The molecule has 2 aromatic heterocycles. The molecule has 1 aromatic carbocycles. The number of pyridine rings is 1. The number of aromatic nitrogens is 3. The van der Waals surface area contributed by atoms with Gasteiger partial charge in [0.15, 0.2) is 0 Å². The molecule has 0 fully saturated rings. The van der Waals surface area contributed by atoms with Crippen LogP contribution in [0.2, 0.25) is 0 Å². The predicted octanol–water partition coefficient (Wildman–Crippen LogP) is 3.61. The summed E-state index contributed by atoms with van der Waals surface area (Å²) in [6.45, 7) is 2.04. The van der Waals surface area contributed by atoms with Crippen molar-refractivity contribution < 1.29 is 32.7 Å². The van der Waals surface area contributed by atoms with E-state index in [9.17, 15) is 0 Å². The third kappa shape index (κ3) is 3.02. The molecule has 0 aliphatic heterocycles. The van der Waals surface area contributed by atoms with Crippen molar-refractivity contribution in [2.45, 2.75) is 13.3 Å². The molecule has 0 aliphatic rings. The van der Waals surface area contributed by atoms with E-state index in [1.54, 1.807) is 12.4 Å². The van der Waals surface area contributed by atoms with E-state index in [4.69, 9.17) is 5.73 Å². The zero-order valence-electron chi connectivity index (χ0n) is 11.2. The number of benzene rings is 1. The zero-order valence-corrected chi connectivity index (χ0v) is 14.0. The van der Waals surface area contributed by atoms with Gasteiger partial charge in [0.1, 0.15) is 0 Å². The molecule has 3 rings (SSSR count). The first-order valence-electron chi connectivity index (χ1n) is 6.10. The Balaban J connectivity index is 0.00000147. The number of hydrogen-bond donors (Lipinski definition) is 0. The summed E-state index contributed by atoms with van der Waals surface area (Å²) < 4.78 is 0. The molecule has 0 saturated carbocycles. The van der Waals surface area contributed by atoms with Crippen LogP contribution in [0.1, 0.15) is 16.8 Å². The van der Waals surface area contributed by atoms with Crippen LogP contribution >= 0.6 is 0 Å². The predicted molar refractivity (Wildman–Crippen MR) is 75.3 cm³/mol. The van der Waals surface area contributed by atoms with Crippen LogP contribution in [0.15, 0.2) is 42.7 Å². The van der Waals surface area contributed by atoms with E-state index in [0.29, 0.717) is 6.42 Å². The van der Waals surface area contributed by atoms with Crippen LogP contribution in [0, 0.1) is 6.92 Å². The molecular formula is C15H13N4Y+2. The number of rotatable bonds is 2. The topological polar surface area (TPSA) is 62.5 Å². The minimum atomic E-state index is 0. The molecule has 2 heterocycles. The van der Waals surface area contributed by atoms with Crippen molar-refractivity contribution in [1.29, 1.82) is 0 Å². The summed E-state index contributed by atoms with van der Waals surface area (Å²) in [6, 6.07) is 9.95. The smallest absolute Gasteiger partial charge is 0.480 e. The van der Waals surface area contributed by atoms with Gasteiger partial charge in [0.05, 0.1) is 5.69 Å². The summed E-state index contributed by atoms with van der Waals surface area (Å²) in [5.74, 6) is 0.230. The van der Waals surface area contributed by atoms with E-state index >= 15 is 0 Å². The Morgan fingerprint density at radius 3 is 2.50 bits per heavy atom. The Hall–Kier alpha value is -1.39. The molecule has 0 atom stereocenters. The van der Waals surface area contributed by atoms with Crippen molar-refractivity contribution >= 4 is 16.6 Å². The second kappa shape index (κ2) is 6.38. The van der Waals surface area contributed by atoms with E-state index in [1.807, 2.05) is 31.2 Å². The monoisotopic (exact) mass is 338 g/mol. The van der Waals surface area contributed by atoms with Crippen LogP contribution < -0.4 is 0 Å². The number of fused-ring (bicyclic) bond motifs is 1. The average molecular weight is 338 g/mol. The van der Waals surface area contributed by atoms with Gasteiger partial charge in [-0.1, -0.05) is 17.7 Å². The van der Waals surface area contributed by atoms with Crippen LogP contribution in [0.3, 0.4) is 0 Å². The quantitative estimate of drug-likeness (QED) is 0.717. The van der Waals surface area contributed by atoms with Gasteiger partial charge in [-0.3, -0.25) is 10.1 Å². The molecule has 0 aliphatic carbocycles. The van der Waals surface area contributed by atoms with Crippen LogP contribution in [-0.2, 0) is 39.1 Å². The number of nitrogens with one attached hydrogen (secondary N) is 1. The third-order valence-corrected chi connectivity index (χ3v) is 3.13. The first-order chi connectivity index (χ1) is 9.24. The van der Waals surface area contributed by atoms with Gasteiger partial charge in [0.25, 0.3) is 0 Å². The van der Waals surface area contributed by atoms with Crippen LogP contribution in [0.25, 0.3) is 16.5 Å². The molecule has 0 unspecified atom stereocenters. The molecule has 94 valence electrons. The molecular weight excluding hydrogens is 325 g/mol. The minimum absolute atomic E-state index is 0. The SMILES string of the molecule is Cc1ccc2c([NH-])nnc(Cc3ccncc3)c2c1.[Y+3]. The summed E-state index contributed by atoms with van der Waals surface area (Å²) in [4.78, 5) is 4.01. The second-order valence-electron chi connectivity index (χ2n) is 4.58. The maximum Gasteiger partial charge on any atom is 3.00 e. The Morgan fingerprint density at radius 2 is 1.75 bits per heavy atom. The number of nitrogens with zero attached hydrogens (tertiary/aromatic N) is 3. The van der Waals surface area contributed by atoms with Gasteiger partial charge >= 0.3 is 32.7 Å². The van der Waals surface area contributed by atoms with Crippen molar-refractivity contribution in [3.8, 4) is 0 Å². The maximum absolute atomic E-state index is 7.83. The number of hydrogen-bond acceptors (Lipinski definition) is 3. The van der Waals surface area contributed by atoms with Gasteiger partial charge in [0.2, 0.25) is 0 Å². The molecule has 0 bridgehead atoms. The largest absolute Gasteiger partial charge is 3.00 e. The normalized spacial score (nSPS) is 10.2. The third-order valence-electron chi connectivity index (χ3n) is 3.13. The molecule has 3 aromatic rings. The fraction of sp³-hybridized carbons (Fsp3) is 0.133. The Kier molecular flexibility index (Phi) is 4.79. The first-order valence-corrected chi connectivity index (χ1v) is 6.10. The summed E-state index contributed by atoms with van der Waals surface area (Å²) in [5.41, 5.74) is 11.0. The first kappa shape index (κ1) is 15.0. The number of aryl methyl sites for hydroxylation is 1. The van der Waals surface area contributed by atoms with Gasteiger partial charge in [-0.05, 0) is 41.9 Å². The molecule has 4 nitrogen and oxygen atoms in total. The van der Waals surface area contributed by atoms with Gasteiger partial charge in [-0.2, -0.15) is 0 Å². The van der Waals surface area contributed by atoms with Crippen molar-refractivity contribution in [2.24, 2.45) is 0 Å². The van der Waals surface area contributed by atoms with Crippen molar-refractivity contribution in [1.82, 2.24) is 15.2 Å². The van der Waals surface area contributed by atoms with Gasteiger partial charge in [0, 0.05) is 24.2 Å². The van der Waals surface area contributed by atoms with E-state index in [-0.39, 0.29) is 38.5 Å². The molecule has 1 N–H and O–H groups in total. The standard InChI is InChI=1S/C15H13N4.Y/c1-10-2-3-12-13(8-10)14(18-19-15(12)16)9-11-4-6-17-7-5-11;/h2-8H,9H2,1H3,(H-,16,19);/q-1;+3. The summed E-state index contributed by atoms with van der Waals surface area (Å²) in [7, 11) is 0. The van der Waals surface area contributed by atoms with Gasteiger partial charge < -0.3 is 10.8 Å². The molecule has 0 saturated heterocycles. The summed E-state index contributed by atoms with van der Waals surface area (Å²) >= 11 is 0. The zero-order chi connectivity index (χ0) is 13.2. The van der Waals surface area contributed by atoms with Crippen LogP contribution in [-0.4, -0.2) is 15.2 Å². The molecule has 0 amide bonds. The molecule has 0 radical (unpaired) electrons. The average Bonchev–Trinajstić information content (AvgIpc) is 2.43. The van der Waals surface area contributed by atoms with E-state index < -0.39 is 0 Å². The molecule has 0 spiro atoms. The van der Waals surface area contributed by atoms with Crippen molar-refractivity contribution in [3.63, 3.8) is 0 Å². The van der Waals surface area contributed by atoms with Crippen LogP contribution in [0.5, 0.6) is 0 Å². The molecule has 20 heavy (non-hydrogen) atoms. The van der Waals surface area contributed by atoms with Gasteiger partial charge in [-0.15, -0.1) is 0 Å². The summed E-state index contributed by atoms with van der Waals surface area (Å²) in [5, 5.41) is 9.98. The van der Waals surface area contributed by atoms with E-state index in [1.165, 1.54) is 0 Å². The van der Waals surface area contributed by atoms with E-state index in [2.05, 4.69) is 21.2 Å².